The fourth-order valence-corrected chi connectivity index (χ4v) is 2.83. The van der Waals surface area contributed by atoms with Crippen LogP contribution in [0.2, 0.25) is 0 Å². The van der Waals surface area contributed by atoms with Crippen LogP contribution in [-0.2, 0) is 13.1 Å². The summed E-state index contributed by atoms with van der Waals surface area (Å²) in [4.78, 5) is 10.8. The number of anilines is 1. The summed E-state index contributed by atoms with van der Waals surface area (Å²) < 4.78 is 5.98. The maximum atomic E-state index is 5.98. The topological polar surface area (TPSA) is 61.8 Å². The molecule has 3 rings (SSSR count). The van der Waals surface area contributed by atoms with Gasteiger partial charge in [-0.15, -0.1) is 0 Å². The Kier molecular flexibility index (Phi) is 6.52. The zero-order valence-corrected chi connectivity index (χ0v) is 16.4. The number of aliphatic imine (C=N–C) groups is 1. The van der Waals surface area contributed by atoms with Crippen molar-refractivity contribution in [3.63, 3.8) is 0 Å². The Morgan fingerprint density at radius 2 is 1.81 bits per heavy atom. The van der Waals surface area contributed by atoms with E-state index < -0.39 is 0 Å². The molecule has 6 nitrogen and oxygen atoms in total. The number of aromatic nitrogens is 1. The molecule has 0 saturated heterocycles. The molecule has 1 aromatic heterocycles. The molecule has 1 heterocycles. The number of hydrogen-bond donors (Lipinski definition) is 2. The van der Waals surface area contributed by atoms with Crippen LogP contribution in [0.25, 0.3) is 0 Å². The smallest absolute Gasteiger partial charge is 0.191 e. The number of hydrogen-bond acceptors (Lipinski definition) is 4. The fourth-order valence-electron chi connectivity index (χ4n) is 2.83. The summed E-state index contributed by atoms with van der Waals surface area (Å²) in [6.07, 6.45) is 4.39. The molecule has 1 saturated carbocycles. The lowest BCUT2D eigenvalue weighted by molar-refractivity contribution is 0.296. The molecule has 0 atom stereocenters. The van der Waals surface area contributed by atoms with Gasteiger partial charge in [-0.2, -0.15) is 0 Å². The lowest BCUT2D eigenvalue weighted by atomic mass is 10.2. The summed E-state index contributed by atoms with van der Waals surface area (Å²) in [5.74, 6) is 3.40. The quantitative estimate of drug-likeness (QED) is 0.555. The molecule has 2 N–H and O–H groups in total. The van der Waals surface area contributed by atoms with E-state index in [1.807, 2.05) is 49.5 Å². The summed E-state index contributed by atoms with van der Waals surface area (Å²) in [6.45, 7) is 2.13. The molecule has 0 unspecified atom stereocenters. The Hall–Kier alpha value is -2.76. The van der Waals surface area contributed by atoms with Gasteiger partial charge in [-0.25, -0.2) is 4.98 Å². The number of para-hydroxylation sites is 1. The Morgan fingerprint density at radius 1 is 1.11 bits per heavy atom. The summed E-state index contributed by atoms with van der Waals surface area (Å²) in [7, 11) is 5.77. The third-order valence-corrected chi connectivity index (χ3v) is 4.55. The van der Waals surface area contributed by atoms with Crippen LogP contribution in [0.15, 0.2) is 47.6 Å². The molecule has 0 amide bonds. The van der Waals surface area contributed by atoms with Crippen molar-refractivity contribution >= 4 is 11.8 Å². The third-order valence-electron chi connectivity index (χ3n) is 4.55. The van der Waals surface area contributed by atoms with Crippen molar-refractivity contribution in [1.82, 2.24) is 15.6 Å². The minimum Gasteiger partial charge on any atom is -0.493 e. The van der Waals surface area contributed by atoms with Gasteiger partial charge < -0.3 is 20.3 Å². The molecule has 6 heteroatoms. The maximum absolute atomic E-state index is 5.98. The van der Waals surface area contributed by atoms with Gasteiger partial charge in [0.15, 0.2) is 5.96 Å². The monoisotopic (exact) mass is 367 g/mol. The van der Waals surface area contributed by atoms with Crippen molar-refractivity contribution in [3.8, 4) is 5.75 Å². The number of nitrogens with zero attached hydrogens (tertiary/aromatic N) is 3. The largest absolute Gasteiger partial charge is 0.493 e. The Bertz CT molecular complexity index is 771. The molecule has 1 fully saturated rings. The normalized spacial score (nSPS) is 14.0. The first-order valence-electron chi connectivity index (χ1n) is 9.44. The predicted octanol–water partition coefficient (Wildman–Crippen LogP) is 2.80. The van der Waals surface area contributed by atoms with Crippen molar-refractivity contribution < 1.29 is 4.74 Å². The SMILES string of the molecule is CN=C(NCc1ccccc1OCC1CC1)NCc1cccnc1N(C)C. The van der Waals surface area contributed by atoms with E-state index in [2.05, 4.69) is 32.7 Å². The number of ether oxygens (including phenoxy) is 1. The first-order chi connectivity index (χ1) is 13.2. The standard InChI is InChI=1S/C21H29N5O/c1-22-21(25-14-18-8-6-12-23-20(18)26(2)3)24-13-17-7-4-5-9-19(17)27-15-16-10-11-16/h4-9,12,16H,10-11,13-15H2,1-3H3,(H2,22,24,25). The molecule has 144 valence electrons. The van der Waals surface area contributed by atoms with Crippen LogP contribution in [0.3, 0.4) is 0 Å². The molecule has 27 heavy (non-hydrogen) atoms. The predicted molar refractivity (Wildman–Crippen MR) is 110 cm³/mol. The van der Waals surface area contributed by atoms with E-state index in [0.29, 0.717) is 13.1 Å². The molecule has 2 aromatic rings. The molecular formula is C21H29N5O. The molecule has 0 radical (unpaired) electrons. The Balaban J connectivity index is 1.55. The van der Waals surface area contributed by atoms with Gasteiger partial charge in [-0.1, -0.05) is 24.3 Å². The van der Waals surface area contributed by atoms with Crippen molar-refractivity contribution in [3.05, 3.63) is 53.7 Å². The summed E-state index contributed by atoms with van der Waals surface area (Å²) in [5.41, 5.74) is 2.26. The minimum atomic E-state index is 0.654. The van der Waals surface area contributed by atoms with Crippen molar-refractivity contribution in [2.24, 2.45) is 10.9 Å². The minimum absolute atomic E-state index is 0.654. The van der Waals surface area contributed by atoms with Crippen molar-refractivity contribution in [2.45, 2.75) is 25.9 Å². The summed E-state index contributed by atoms with van der Waals surface area (Å²) in [5, 5.41) is 6.74. The Labute approximate surface area is 161 Å². The second kappa shape index (κ2) is 9.26. The van der Waals surface area contributed by atoms with Crippen molar-refractivity contribution in [2.75, 3.05) is 32.6 Å². The van der Waals surface area contributed by atoms with Gasteiger partial charge in [0.1, 0.15) is 11.6 Å². The molecule has 0 aliphatic heterocycles. The summed E-state index contributed by atoms with van der Waals surface area (Å²) in [6, 6.07) is 12.2. The van der Waals surface area contributed by atoms with E-state index >= 15 is 0 Å². The van der Waals surface area contributed by atoms with E-state index in [-0.39, 0.29) is 0 Å². The van der Waals surface area contributed by atoms with Gasteiger partial charge in [-0.05, 0) is 30.9 Å². The van der Waals surface area contributed by atoms with Gasteiger partial charge >= 0.3 is 0 Å². The maximum Gasteiger partial charge on any atom is 0.191 e. The summed E-state index contributed by atoms with van der Waals surface area (Å²) >= 11 is 0. The van der Waals surface area contributed by atoms with E-state index in [0.717, 1.165) is 41.2 Å². The third kappa shape index (κ3) is 5.61. The average Bonchev–Trinajstić information content (AvgIpc) is 3.52. The van der Waals surface area contributed by atoms with E-state index in [4.69, 9.17) is 4.74 Å². The highest BCUT2D eigenvalue weighted by Crippen LogP contribution is 2.30. The fraction of sp³-hybridized carbons (Fsp3) is 0.429. The second-order valence-electron chi connectivity index (χ2n) is 7.02. The number of rotatable bonds is 8. The van der Waals surface area contributed by atoms with E-state index in [9.17, 15) is 0 Å². The van der Waals surface area contributed by atoms with Crippen LogP contribution in [0, 0.1) is 5.92 Å². The first-order valence-corrected chi connectivity index (χ1v) is 9.44. The van der Waals surface area contributed by atoms with Crippen molar-refractivity contribution in [1.29, 1.82) is 0 Å². The van der Waals surface area contributed by atoms with Gasteiger partial charge in [0.25, 0.3) is 0 Å². The van der Waals surface area contributed by atoms with E-state index in [1.165, 1.54) is 12.8 Å². The molecule has 1 aromatic carbocycles. The highest BCUT2D eigenvalue weighted by Gasteiger charge is 2.22. The van der Waals surface area contributed by atoms with E-state index in [1.54, 1.807) is 7.05 Å². The highest BCUT2D eigenvalue weighted by atomic mass is 16.5. The Morgan fingerprint density at radius 3 is 2.52 bits per heavy atom. The molecular weight excluding hydrogens is 338 g/mol. The van der Waals surface area contributed by atoms with Gasteiger partial charge in [-0.3, -0.25) is 4.99 Å². The lowest BCUT2D eigenvalue weighted by Crippen LogP contribution is -2.36. The van der Waals surface area contributed by atoms with Crippen LogP contribution in [-0.4, -0.2) is 38.7 Å². The number of benzene rings is 1. The van der Waals surface area contributed by atoms with Gasteiger partial charge in [0.2, 0.25) is 0 Å². The number of nitrogens with one attached hydrogen (secondary N) is 2. The van der Waals surface area contributed by atoms with Gasteiger partial charge in [0.05, 0.1) is 6.61 Å². The highest BCUT2D eigenvalue weighted by molar-refractivity contribution is 5.79. The number of pyridine rings is 1. The molecule has 0 bridgehead atoms. The van der Waals surface area contributed by atoms with Crippen LogP contribution in [0.4, 0.5) is 5.82 Å². The van der Waals surface area contributed by atoms with Gasteiger partial charge in [0, 0.05) is 51.6 Å². The van der Waals surface area contributed by atoms with Crippen LogP contribution in [0.5, 0.6) is 5.75 Å². The molecule has 1 aliphatic carbocycles. The van der Waals surface area contributed by atoms with Crippen LogP contribution in [0.1, 0.15) is 24.0 Å². The zero-order chi connectivity index (χ0) is 19.1. The molecule has 0 spiro atoms. The van der Waals surface area contributed by atoms with Crippen LogP contribution >= 0.6 is 0 Å². The number of guanidine groups is 1. The van der Waals surface area contributed by atoms with Crippen LogP contribution < -0.4 is 20.3 Å². The first kappa shape index (κ1) is 19.0. The lowest BCUT2D eigenvalue weighted by Gasteiger charge is -2.18. The molecule has 1 aliphatic rings. The zero-order valence-electron chi connectivity index (χ0n) is 16.4. The average molecular weight is 367 g/mol. The second-order valence-corrected chi connectivity index (χ2v) is 7.02.